The van der Waals surface area contributed by atoms with Gasteiger partial charge in [-0.2, -0.15) is 0 Å². The number of ketones is 1. The van der Waals surface area contributed by atoms with Gasteiger partial charge in [-0.1, -0.05) is 6.92 Å². The summed E-state index contributed by atoms with van der Waals surface area (Å²) in [5.74, 6) is -0.632. The zero-order valence-electron chi connectivity index (χ0n) is 9.76. The molecule has 3 nitrogen and oxygen atoms in total. The van der Waals surface area contributed by atoms with Gasteiger partial charge in [0, 0.05) is 0 Å². The third-order valence-electron chi connectivity index (χ3n) is 2.35. The van der Waals surface area contributed by atoms with Crippen LogP contribution in [0.1, 0.15) is 22.8 Å². The van der Waals surface area contributed by atoms with Crippen LogP contribution in [0.5, 0.6) is 5.75 Å². The SMILES string of the molecule is CCc1cc(F)c(OC)c(C(=O)CNC)c1. The van der Waals surface area contributed by atoms with Gasteiger partial charge in [0.2, 0.25) is 0 Å². The topological polar surface area (TPSA) is 38.3 Å². The zero-order chi connectivity index (χ0) is 12.1. The summed E-state index contributed by atoms with van der Waals surface area (Å²) in [6.45, 7) is 2.08. The van der Waals surface area contributed by atoms with E-state index in [2.05, 4.69) is 5.32 Å². The highest BCUT2D eigenvalue weighted by molar-refractivity contribution is 6.00. The van der Waals surface area contributed by atoms with Gasteiger partial charge in [-0.25, -0.2) is 4.39 Å². The van der Waals surface area contributed by atoms with E-state index in [1.165, 1.54) is 13.2 Å². The molecular weight excluding hydrogens is 209 g/mol. The van der Waals surface area contributed by atoms with Crippen LogP contribution in [0.15, 0.2) is 12.1 Å². The number of likely N-dealkylation sites (N-methyl/N-ethyl adjacent to an activating group) is 1. The third-order valence-corrected chi connectivity index (χ3v) is 2.35. The maximum atomic E-state index is 13.6. The number of carbonyl (C=O) groups is 1. The van der Waals surface area contributed by atoms with E-state index in [0.717, 1.165) is 5.56 Å². The van der Waals surface area contributed by atoms with Gasteiger partial charge in [0.05, 0.1) is 19.2 Å². The van der Waals surface area contributed by atoms with E-state index in [9.17, 15) is 9.18 Å². The minimum absolute atomic E-state index is 0.0254. The second-order valence-corrected chi connectivity index (χ2v) is 3.47. The van der Waals surface area contributed by atoms with E-state index in [1.807, 2.05) is 6.92 Å². The first-order valence-corrected chi connectivity index (χ1v) is 5.18. The number of rotatable bonds is 5. The molecule has 0 aromatic heterocycles. The lowest BCUT2D eigenvalue weighted by atomic mass is 10.0. The highest BCUT2D eigenvalue weighted by Gasteiger charge is 2.16. The van der Waals surface area contributed by atoms with Crippen molar-refractivity contribution in [1.29, 1.82) is 0 Å². The minimum Gasteiger partial charge on any atom is -0.493 e. The number of methoxy groups -OCH3 is 1. The number of hydrogen-bond donors (Lipinski definition) is 1. The van der Waals surface area contributed by atoms with Crippen LogP contribution >= 0.6 is 0 Å². The van der Waals surface area contributed by atoms with Crippen LogP contribution in [-0.4, -0.2) is 26.5 Å². The van der Waals surface area contributed by atoms with E-state index in [4.69, 9.17) is 4.74 Å². The Bertz CT molecular complexity index is 391. The fourth-order valence-electron chi connectivity index (χ4n) is 1.52. The van der Waals surface area contributed by atoms with Crippen LogP contribution in [0, 0.1) is 5.82 Å². The molecule has 0 aliphatic heterocycles. The average Bonchev–Trinajstić information content (AvgIpc) is 2.28. The highest BCUT2D eigenvalue weighted by Crippen LogP contribution is 2.25. The molecule has 0 heterocycles. The maximum absolute atomic E-state index is 13.6. The molecule has 1 aromatic rings. The predicted octanol–water partition coefficient (Wildman–Crippen LogP) is 1.80. The fraction of sp³-hybridized carbons (Fsp3) is 0.417. The van der Waals surface area contributed by atoms with Gasteiger partial charge < -0.3 is 10.1 Å². The molecule has 16 heavy (non-hydrogen) atoms. The first kappa shape index (κ1) is 12.6. The largest absolute Gasteiger partial charge is 0.493 e. The molecule has 0 unspecified atom stereocenters. The molecule has 0 saturated heterocycles. The Hall–Kier alpha value is -1.42. The van der Waals surface area contributed by atoms with Crippen LogP contribution in [0.25, 0.3) is 0 Å². The predicted molar refractivity (Wildman–Crippen MR) is 60.6 cm³/mol. The number of benzene rings is 1. The first-order valence-electron chi connectivity index (χ1n) is 5.18. The lowest BCUT2D eigenvalue weighted by molar-refractivity contribution is 0.0989. The second-order valence-electron chi connectivity index (χ2n) is 3.47. The molecule has 0 bridgehead atoms. The number of halogens is 1. The summed E-state index contributed by atoms with van der Waals surface area (Å²) in [5, 5.41) is 2.75. The van der Waals surface area contributed by atoms with Gasteiger partial charge in [0.15, 0.2) is 17.3 Å². The number of nitrogens with one attached hydrogen (secondary N) is 1. The summed E-state index contributed by atoms with van der Waals surface area (Å²) in [4.78, 5) is 11.7. The number of ether oxygens (including phenoxy) is 1. The summed E-state index contributed by atoms with van der Waals surface area (Å²) in [6, 6.07) is 3.08. The molecule has 0 saturated carbocycles. The van der Waals surface area contributed by atoms with Crippen molar-refractivity contribution >= 4 is 5.78 Å². The molecule has 4 heteroatoms. The molecule has 1 N–H and O–H groups in total. The summed E-state index contributed by atoms with van der Waals surface area (Å²) in [7, 11) is 3.03. The van der Waals surface area contributed by atoms with Gasteiger partial charge in [-0.05, 0) is 31.2 Å². The van der Waals surface area contributed by atoms with Gasteiger partial charge in [0.1, 0.15) is 0 Å². The number of carbonyl (C=O) groups excluding carboxylic acids is 1. The molecule has 0 spiro atoms. The van der Waals surface area contributed by atoms with Gasteiger partial charge >= 0.3 is 0 Å². The van der Waals surface area contributed by atoms with E-state index >= 15 is 0 Å². The lowest BCUT2D eigenvalue weighted by Crippen LogP contribution is -2.19. The van der Waals surface area contributed by atoms with Crippen molar-refractivity contribution in [2.75, 3.05) is 20.7 Å². The Labute approximate surface area is 94.6 Å². The van der Waals surface area contributed by atoms with Crippen LogP contribution < -0.4 is 10.1 Å². The highest BCUT2D eigenvalue weighted by atomic mass is 19.1. The maximum Gasteiger partial charge on any atom is 0.180 e. The summed E-state index contributed by atoms with van der Waals surface area (Å²) in [6.07, 6.45) is 0.681. The van der Waals surface area contributed by atoms with Crippen LogP contribution in [-0.2, 0) is 6.42 Å². The van der Waals surface area contributed by atoms with E-state index in [-0.39, 0.29) is 18.1 Å². The van der Waals surface area contributed by atoms with Crippen LogP contribution in [0.3, 0.4) is 0 Å². The molecular formula is C12H16FNO2. The van der Waals surface area contributed by atoms with Crippen molar-refractivity contribution in [3.63, 3.8) is 0 Å². The molecule has 0 amide bonds. The number of Topliss-reactive ketones (excluding diaryl/α,β-unsaturated/α-hetero) is 1. The molecule has 0 aliphatic rings. The van der Waals surface area contributed by atoms with E-state index in [1.54, 1.807) is 13.1 Å². The Kier molecular flexibility index (Phi) is 4.43. The van der Waals surface area contributed by atoms with Crippen molar-refractivity contribution in [1.82, 2.24) is 5.32 Å². The number of aryl methyl sites for hydroxylation is 1. The Morgan fingerprint density at radius 3 is 2.69 bits per heavy atom. The smallest absolute Gasteiger partial charge is 0.180 e. The lowest BCUT2D eigenvalue weighted by Gasteiger charge is -2.10. The van der Waals surface area contributed by atoms with Gasteiger partial charge in [0.25, 0.3) is 0 Å². The molecule has 88 valence electrons. The standard InChI is InChI=1S/C12H16FNO2/c1-4-8-5-9(11(15)7-14-2)12(16-3)10(13)6-8/h5-6,14H,4,7H2,1-3H3. The monoisotopic (exact) mass is 225 g/mol. The Morgan fingerprint density at radius 1 is 1.50 bits per heavy atom. The van der Waals surface area contributed by atoms with E-state index < -0.39 is 5.82 Å². The van der Waals surface area contributed by atoms with Crippen molar-refractivity contribution in [3.8, 4) is 5.75 Å². The van der Waals surface area contributed by atoms with Crippen molar-refractivity contribution in [2.24, 2.45) is 0 Å². The molecule has 0 aliphatic carbocycles. The summed E-state index contributed by atoms with van der Waals surface area (Å²) in [5.41, 5.74) is 1.09. The number of hydrogen-bond acceptors (Lipinski definition) is 3. The normalized spacial score (nSPS) is 10.2. The molecule has 1 aromatic carbocycles. The van der Waals surface area contributed by atoms with Crippen LogP contribution in [0.4, 0.5) is 4.39 Å². The molecule has 0 radical (unpaired) electrons. The van der Waals surface area contributed by atoms with Gasteiger partial charge in [-0.3, -0.25) is 4.79 Å². The molecule has 0 atom stereocenters. The molecule has 0 fully saturated rings. The second kappa shape index (κ2) is 5.61. The molecule has 1 rings (SSSR count). The Morgan fingerprint density at radius 2 is 2.19 bits per heavy atom. The van der Waals surface area contributed by atoms with Crippen molar-refractivity contribution in [2.45, 2.75) is 13.3 Å². The van der Waals surface area contributed by atoms with E-state index in [0.29, 0.717) is 12.0 Å². The Balaban J connectivity index is 3.22. The summed E-state index contributed by atoms with van der Waals surface area (Å²) < 4.78 is 18.5. The summed E-state index contributed by atoms with van der Waals surface area (Å²) >= 11 is 0. The minimum atomic E-state index is -0.485. The van der Waals surface area contributed by atoms with Crippen molar-refractivity contribution < 1.29 is 13.9 Å². The quantitative estimate of drug-likeness (QED) is 0.776. The first-order chi connectivity index (χ1) is 7.63. The fourth-order valence-corrected chi connectivity index (χ4v) is 1.52. The average molecular weight is 225 g/mol. The zero-order valence-corrected chi connectivity index (χ0v) is 9.76. The van der Waals surface area contributed by atoms with Gasteiger partial charge in [-0.15, -0.1) is 0 Å². The van der Waals surface area contributed by atoms with Crippen molar-refractivity contribution in [3.05, 3.63) is 29.1 Å². The third kappa shape index (κ3) is 2.58. The van der Waals surface area contributed by atoms with Crippen LogP contribution in [0.2, 0.25) is 0 Å².